The van der Waals surface area contributed by atoms with Crippen LogP contribution < -0.4 is 11.1 Å². The molecule has 11 nitrogen and oxygen atoms in total. The number of nitrogens with two attached hydrogens (primary N) is 1. The van der Waals surface area contributed by atoms with Gasteiger partial charge in [-0.3, -0.25) is 9.59 Å². The van der Waals surface area contributed by atoms with Crippen LogP contribution in [0.4, 0.5) is 0 Å². The first-order valence-corrected chi connectivity index (χ1v) is 22.2. The molecule has 0 heterocycles. The molecule has 0 fully saturated rings. The van der Waals surface area contributed by atoms with E-state index in [1.165, 1.54) is 13.8 Å². The minimum atomic E-state index is -2.28. The van der Waals surface area contributed by atoms with Crippen LogP contribution in [-0.4, -0.2) is 66.3 Å². The maximum atomic E-state index is 12.4. The summed E-state index contributed by atoms with van der Waals surface area (Å²) in [5.41, 5.74) is 3.03. The van der Waals surface area contributed by atoms with Crippen LogP contribution in [0.3, 0.4) is 0 Å². The number of rotatable bonds is 19. The van der Waals surface area contributed by atoms with Gasteiger partial charge in [-0.05, 0) is 97.4 Å². The molecule has 0 saturated carbocycles. The summed E-state index contributed by atoms with van der Waals surface area (Å²) < 4.78 is 13.1. The zero-order valence-corrected chi connectivity index (χ0v) is 27.5. The van der Waals surface area contributed by atoms with Crippen LogP contribution >= 0.6 is 0 Å². The molecule has 4 N–H and O–H groups in total. The zero-order chi connectivity index (χ0) is 29.7. The number of amides is 1. The first-order chi connectivity index (χ1) is 17.3. The largest absolute Gasteiger partial charge is 0.481 e. The smallest absolute Gasteiger partial charge is 0.311 e. The van der Waals surface area contributed by atoms with Gasteiger partial charge in [-0.2, -0.15) is 20.8 Å². The molecule has 216 valence electrons. The minimum Gasteiger partial charge on any atom is -0.481 e. The number of nitriles is 2. The molecule has 0 aliphatic rings. The molecule has 0 aromatic rings. The van der Waals surface area contributed by atoms with E-state index in [0.717, 1.165) is 24.9 Å². The van der Waals surface area contributed by atoms with Crippen LogP contribution in [0.25, 0.3) is 0 Å². The van der Waals surface area contributed by atoms with E-state index in [1.54, 1.807) is 0 Å². The van der Waals surface area contributed by atoms with Gasteiger partial charge in [-0.25, -0.2) is 0 Å². The molecule has 0 radical (unpaired) electrons. The Bertz CT molecular complexity index is 903. The number of hydrogen-bond acceptors (Lipinski definition) is 9. The fourth-order valence-corrected chi connectivity index (χ4v) is 18.1. The molecular formula is C24H48N6O5Si3. The van der Waals surface area contributed by atoms with Crippen LogP contribution in [0.2, 0.25) is 51.4 Å². The third-order valence-corrected chi connectivity index (χ3v) is 17.4. The minimum absolute atomic E-state index is 0.0204. The predicted octanol–water partition coefficient (Wildman–Crippen LogP) is 4.65. The van der Waals surface area contributed by atoms with Crippen LogP contribution in [0, 0.1) is 22.7 Å². The standard InChI is InChI=1S/C24H48N6O5Si3/c1-23(19-26,29-30-24(2,20-27)14-12-22(32)33)13-11-21(31)28-16-10-18-37(5,6)35-38(7,8)34-36(3,4)17-9-15-25/h9-18,25H2,1-8H3,(H,28,31)(H,32,33). The van der Waals surface area contributed by atoms with Crippen molar-refractivity contribution < 1.29 is 22.9 Å². The first kappa shape index (κ1) is 36.1. The summed E-state index contributed by atoms with van der Waals surface area (Å²) in [5, 5.41) is 38.6. The summed E-state index contributed by atoms with van der Waals surface area (Å²) in [5.74, 6) is -1.23. The van der Waals surface area contributed by atoms with Crippen molar-refractivity contribution in [1.82, 2.24) is 5.32 Å². The molecular weight excluding hydrogens is 537 g/mol. The second-order valence-electron chi connectivity index (χ2n) is 11.8. The van der Waals surface area contributed by atoms with Gasteiger partial charge in [0.1, 0.15) is 0 Å². The number of carboxylic acids is 1. The van der Waals surface area contributed by atoms with Crippen molar-refractivity contribution in [2.75, 3.05) is 13.1 Å². The first-order valence-electron chi connectivity index (χ1n) is 13.2. The Kier molecular flexibility index (Phi) is 14.8. The van der Waals surface area contributed by atoms with E-state index >= 15 is 0 Å². The lowest BCUT2D eigenvalue weighted by Gasteiger charge is -2.38. The molecule has 2 atom stereocenters. The van der Waals surface area contributed by atoms with Crippen molar-refractivity contribution >= 4 is 37.1 Å². The highest BCUT2D eigenvalue weighted by Crippen LogP contribution is 2.26. The Balaban J connectivity index is 4.70. The van der Waals surface area contributed by atoms with Gasteiger partial charge in [0.05, 0.1) is 12.1 Å². The molecule has 0 rings (SSSR count). The second-order valence-corrected chi connectivity index (χ2v) is 24.3. The number of nitrogens with zero attached hydrogens (tertiary/aromatic N) is 4. The topological polar surface area (TPSA) is 183 Å². The lowest BCUT2D eigenvalue weighted by molar-refractivity contribution is -0.137. The molecule has 1 amide bonds. The van der Waals surface area contributed by atoms with E-state index in [4.69, 9.17) is 19.1 Å². The quantitative estimate of drug-likeness (QED) is 0.111. The van der Waals surface area contributed by atoms with E-state index in [0.29, 0.717) is 13.1 Å². The molecule has 0 aliphatic heterocycles. The van der Waals surface area contributed by atoms with Gasteiger partial charge in [0.2, 0.25) is 5.91 Å². The van der Waals surface area contributed by atoms with Crippen LogP contribution in [0.5, 0.6) is 0 Å². The highest BCUT2D eigenvalue weighted by atomic mass is 28.5. The Morgan fingerprint density at radius 3 is 1.76 bits per heavy atom. The maximum absolute atomic E-state index is 12.4. The van der Waals surface area contributed by atoms with E-state index in [1.807, 2.05) is 12.1 Å². The number of aliphatic carboxylic acids is 1. The van der Waals surface area contributed by atoms with E-state index in [2.05, 4.69) is 54.8 Å². The van der Waals surface area contributed by atoms with Gasteiger partial charge in [0.25, 0.3) is 0 Å². The fraction of sp³-hybridized carbons (Fsp3) is 0.833. The van der Waals surface area contributed by atoms with Gasteiger partial charge in [-0.1, -0.05) is 0 Å². The number of nitrogens with one attached hydrogen (secondary N) is 1. The number of carbonyl (C=O) groups is 2. The van der Waals surface area contributed by atoms with Crippen molar-refractivity contribution in [3.63, 3.8) is 0 Å². The fourth-order valence-electron chi connectivity index (χ4n) is 4.00. The predicted molar refractivity (Wildman–Crippen MR) is 155 cm³/mol. The summed E-state index contributed by atoms with van der Waals surface area (Å²) in [6.07, 6.45) is 1.70. The lowest BCUT2D eigenvalue weighted by Crippen LogP contribution is -2.52. The Morgan fingerprint density at radius 2 is 1.34 bits per heavy atom. The monoisotopic (exact) mass is 584 g/mol. The molecule has 38 heavy (non-hydrogen) atoms. The molecule has 0 aromatic carbocycles. The van der Waals surface area contributed by atoms with E-state index < -0.39 is 42.2 Å². The molecule has 0 saturated heterocycles. The van der Waals surface area contributed by atoms with Crippen molar-refractivity contribution in [2.24, 2.45) is 16.0 Å². The zero-order valence-electron chi connectivity index (χ0n) is 24.5. The van der Waals surface area contributed by atoms with Gasteiger partial charge >= 0.3 is 14.5 Å². The lowest BCUT2D eigenvalue weighted by atomic mass is 9.97. The summed E-state index contributed by atoms with van der Waals surface area (Å²) in [4.78, 5) is 23.2. The second kappa shape index (κ2) is 15.6. The number of azo groups is 1. The van der Waals surface area contributed by atoms with Gasteiger partial charge < -0.3 is 24.4 Å². The molecule has 14 heteroatoms. The van der Waals surface area contributed by atoms with Crippen molar-refractivity contribution in [1.29, 1.82) is 10.5 Å². The summed E-state index contributed by atoms with van der Waals surface area (Å²) in [6.45, 7) is 17.2. The van der Waals surface area contributed by atoms with Gasteiger partial charge in [0, 0.05) is 19.4 Å². The molecule has 0 aliphatic carbocycles. The SMILES string of the molecule is CC(C#N)(CCC(=O)O)N=NC(C)(C#N)CCC(=O)NCCC[Si](C)(C)O[Si](C)(C)O[Si](C)(C)CCCN. The van der Waals surface area contributed by atoms with Crippen LogP contribution in [-0.2, 0) is 17.8 Å². The maximum Gasteiger partial charge on any atom is 0.311 e. The summed E-state index contributed by atoms with van der Waals surface area (Å²) in [6, 6.07) is 5.89. The Morgan fingerprint density at radius 1 is 0.895 bits per heavy atom. The van der Waals surface area contributed by atoms with Gasteiger partial charge in [0.15, 0.2) is 27.7 Å². The Labute approximate surface area is 231 Å². The number of carboxylic acid groups (broad SMARTS) is 1. The molecule has 2 unspecified atom stereocenters. The van der Waals surface area contributed by atoms with Crippen molar-refractivity contribution in [3.8, 4) is 12.1 Å². The van der Waals surface area contributed by atoms with E-state index in [9.17, 15) is 20.1 Å². The summed E-state index contributed by atoms with van der Waals surface area (Å²) in [7, 11) is -6.10. The van der Waals surface area contributed by atoms with Crippen molar-refractivity contribution in [2.45, 2.75) is 115 Å². The molecule has 0 spiro atoms. The highest BCUT2D eigenvalue weighted by molar-refractivity contribution is 6.87. The van der Waals surface area contributed by atoms with E-state index in [-0.39, 0.29) is 31.6 Å². The summed E-state index contributed by atoms with van der Waals surface area (Å²) >= 11 is 0. The van der Waals surface area contributed by atoms with Gasteiger partial charge in [-0.15, -0.1) is 0 Å². The molecule has 0 aromatic heterocycles. The van der Waals surface area contributed by atoms with Crippen molar-refractivity contribution in [3.05, 3.63) is 0 Å². The number of carbonyl (C=O) groups excluding carboxylic acids is 1. The average Bonchev–Trinajstić information content (AvgIpc) is 2.80. The normalized spacial score (nSPS) is 15.8. The third-order valence-electron chi connectivity index (χ3n) is 5.94. The average molecular weight is 585 g/mol. The molecule has 0 bridgehead atoms. The van der Waals surface area contributed by atoms with Crippen LogP contribution in [0.15, 0.2) is 10.2 Å². The third kappa shape index (κ3) is 16.1. The highest BCUT2D eigenvalue weighted by Gasteiger charge is 2.39. The number of hydrogen-bond donors (Lipinski definition) is 3. The van der Waals surface area contributed by atoms with Crippen LogP contribution in [0.1, 0.15) is 52.4 Å². The Hall–Kier alpha value is -1.95.